The van der Waals surface area contributed by atoms with Crippen molar-refractivity contribution in [2.45, 2.75) is 63.5 Å². The summed E-state index contributed by atoms with van der Waals surface area (Å²) in [6.07, 6.45) is 9.23. The van der Waals surface area contributed by atoms with Gasteiger partial charge in [0.1, 0.15) is 5.52 Å². The van der Waals surface area contributed by atoms with Crippen molar-refractivity contribution in [3.05, 3.63) is 35.2 Å². The summed E-state index contributed by atoms with van der Waals surface area (Å²) >= 11 is 5.98. The molecule has 2 heterocycles. The molecule has 2 aliphatic carbocycles. The van der Waals surface area contributed by atoms with Gasteiger partial charge in [-0.15, -0.1) is 0 Å². The lowest BCUT2D eigenvalue weighted by Gasteiger charge is -2.29. The fraction of sp³-hybridized carbons (Fsp3) is 0.478. The van der Waals surface area contributed by atoms with E-state index in [1.54, 1.807) is 18.3 Å². The number of hydrogen-bond acceptors (Lipinski definition) is 6. The van der Waals surface area contributed by atoms with Crippen molar-refractivity contribution in [1.29, 1.82) is 0 Å². The highest BCUT2D eigenvalue weighted by molar-refractivity contribution is 6.31. The normalized spacial score (nSPS) is 21.4. The van der Waals surface area contributed by atoms with E-state index in [2.05, 4.69) is 20.6 Å². The smallest absolute Gasteiger partial charge is 0.224 e. The van der Waals surface area contributed by atoms with Crippen molar-refractivity contribution in [3.8, 4) is 0 Å². The van der Waals surface area contributed by atoms with Gasteiger partial charge in [-0.05, 0) is 50.7 Å². The van der Waals surface area contributed by atoms with E-state index in [0.717, 1.165) is 25.7 Å². The van der Waals surface area contributed by atoms with E-state index >= 15 is 0 Å². The SMILES string of the molecule is NC(=O)[C@H]1CC[C@H](n2c(Nc3cccc(Cl)c3F)nc3cnc(NC4CCCC4)nc32)CC1. The lowest BCUT2D eigenvalue weighted by molar-refractivity contribution is -0.122. The Morgan fingerprint density at radius 2 is 1.88 bits per heavy atom. The third kappa shape index (κ3) is 4.46. The molecule has 2 fully saturated rings. The first-order valence-electron chi connectivity index (χ1n) is 11.5. The largest absolute Gasteiger partial charge is 0.369 e. The number of rotatable bonds is 6. The number of imidazole rings is 1. The second-order valence-corrected chi connectivity index (χ2v) is 9.37. The van der Waals surface area contributed by atoms with Gasteiger partial charge in [0.15, 0.2) is 11.5 Å². The average molecular weight is 472 g/mol. The average Bonchev–Trinajstić information content (AvgIpc) is 3.44. The molecule has 5 rings (SSSR count). The van der Waals surface area contributed by atoms with Crippen LogP contribution in [0.25, 0.3) is 11.2 Å². The zero-order valence-electron chi connectivity index (χ0n) is 18.2. The van der Waals surface area contributed by atoms with Crippen LogP contribution >= 0.6 is 11.6 Å². The van der Waals surface area contributed by atoms with Crippen LogP contribution in [0.3, 0.4) is 0 Å². The minimum Gasteiger partial charge on any atom is -0.369 e. The standard InChI is InChI=1S/C23H27ClFN7O/c24-16-6-3-7-17(19(16)25)29-23-30-18-12-27-22(28-14-4-1-2-5-14)31-21(18)32(23)15-10-8-13(9-11-15)20(26)33/h3,6-7,12-15H,1-2,4-5,8-11H2,(H2,26,33)(H,29,30)(H,27,28,31)/t13-,15-. The van der Waals surface area contributed by atoms with Crippen molar-refractivity contribution < 1.29 is 9.18 Å². The number of primary amides is 1. The minimum atomic E-state index is -0.537. The van der Waals surface area contributed by atoms with Gasteiger partial charge in [-0.2, -0.15) is 4.98 Å². The molecule has 0 spiro atoms. The maximum Gasteiger partial charge on any atom is 0.224 e. The second-order valence-electron chi connectivity index (χ2n) is 8.97. The maximum atomic E-state index is 14.6. The van der Waals surface area contributed by atoms with Crippen molar-refractivity contribution in [2.24, 2.45) is 11.7 Å². The first-order valence-corrected chi connectivity index (χ1v) is 11.9. The van der Waals surface area contributed by atoms with Gasteiger partial charge in [-0.3, -0.25) is 9.36 Å². The van der Waals surface area contributed by atoms with E-state index in [0.29, 0.717) is 41.9 Å². The van der Waals surface area contributed by atoms with Crippen LogP contribution in [0.1, 0.15) is 57.4 Å². The minimum absolute atomic E-state index is 0.0347. The molecule has 1 aromatic carbocycles. The molecule has 0 unspecified atom stereocenters. The molecule has 8 nitrogen and oxygen atoms in total. The molecular formula is C23H27ClFN7O. The van der Waals surface area contributed by atoms with Crippen molar-refractivity contribution in [3.63, 3.8) is 0 Å². The first-order chi connectivity index (χ1) is 16.0. The molecule has 0 aliphatic heterocycles. The van der Waals surface area contributed by atoms with Gasteiger partial charge in [-0.1, -0.05) is 30.5 Å². The molecule has 2 aliphatic rings. The number of amides is 1. The molecule has 2 aromatic heterocycles. The third-order valence-electron chi connectivity index (χ3n) is 6.78. The van der Waals surface area contributed by atoms with Gasteiger partial charge in [0.2, 0.25) is 17.8 Å². The molecule has 33 heavy (non-hydrogen) atoms. The van der Waals surface area contributed by atoms with Crippen LogP contribution in [-0.2, 0) is 4.79 Å². The van der Waals surface area contributed by atoms with Crippen LogP contribution in [0.5, 0.6) is 0 Å². The van der Waals surface area contributed by atoms with E-state index in [1.807, 2.05) is 4.57 Å². The number of halogens is 2. The highest BCUT2D eigenvalue weighted by Crippen LogP contribution is 2.37. The third-order valence-corrected chi connectivity index (χ3v) is 7.08. The quantitative estimate of drug-likeness (QED) is 0.470. The Kier molecular flexibility index (Phi) is 6.05. The summed E-state index contributed by atoms with van der Waals surface area (Å²) in [5.74, 6) is 0.133. The number of carbonyl (C=O) groups is 1. The highest BCUT2D eigenvalue weighted by Gasteiger charge is 2.29. The fourth-order valence-electron chi connectivity index (χ4n) is 4.99. The van der Waals surface area contributed by atoms with Crippen molar-refractivity contribution in [1.82, 2.24) is 19.5 Å². The molecule has 1 amide bonds. The van der Waals surface area contributed by atoms with E-state index in [4.69, 9.17) is 22.3 Å². The van der Waals surface area contributed by atoms with Gasteiger partial charge in [0.05, 0.1) is 16.9 Å². The number of fused-ring (bicyclic) bond motifs is 1. The van der Waals surface area contributed by atoms with Gasteiger partial charge < -0.3 is 16.4 Å². The summed E-state index contributed by atoms with van der Waals surface area (Å²) in [7, 11) is 0. The molecule has 2 saturated carbocycles. The van der Waals surface area contributed by atoms with Crippen LogP contribution < -0.4 is 16.4 Å². The van der Waals surface area contributed by atoms with Crippen LogP contribution in [0.4, 0.5) is 22.0 Å². The Morgan fingerprint density at radius 3 is 2.61 bits per heavy atom. The highest BCUT2D eigenvalue weighted by atomic mass is 35.5. The van der Waals surface area contributed by atoms with E-state index in [1.165, 1.54) is 18.9 Å². The topological polar surface area (TPSA) is 111 Å². The summed E-state index contributed by atoms with van der Waals surface area (Å²) in [5.41, 5.74) is 7.07. The Bertz CT molecular complexity index is 1170. The lowest BCUT2D eigenvalue weighted by Crippen LogP contribution is -2.28. The summed E-state index contributed by atoms with van der Waals surface area (Å²) in [5, 5.41) is 6.58. The van der Waals surface area contributed by atoms with Crippen LogP contribution in [0.2, 0.25) is 5.02 Å². The zero-order chi connectivity index (χ0) is 22.9. The Hall–Kier alpha value is -2.94. The first kappa shape index (κ1) is 21.9. The Labute approximate surface area is 196 Å². The molecule has 3 aromatic rings. The van der Waals surface area contributed by atoms with Crippen LogP contribution in [0, 0.1) is 11.7 Å². The van der Waals surface area contributed by atoms with Gasteiger partial charge in [0, 0.05) is 18.0 Å². The fourth-order valence-corrected chi connectivity index (χ4v) is 5.16. The van der Waals surface area contributed by atoms with Crippen LogP contribution in [-0.4, -0.2) is 31.5 Å². The van der Waals surface area contributed by atoms with E-state index in [-0.39, 0.29) is 28.6 Å². The number of benzene rings is 1. The van der Waals surface area contributed by atoms with Gasteiger partial charge >= 0.3 is 0 Å². The number of nitrogens with zero attached hydrogens (tertiary/aromatic N) is 4. The van der Waals surface area contributed by atoms with Crippen molar-refractivity contribution >= 4 is 46.3 Å². The van der Waals surface area contributed by atoms with Gasteiger partial charge in [0.25, 0.3) is 0 Å². The summed E-state index contributed by atoms with van der Waals surface area (Å²) in [4.78, 5) is 25.6. The van der Waals surface area contributed by atoms with Gasteiger partial charge in [-0.25, -0.2) is 14.4 Å². The lowest BCUT2D eigenvalue weighted by atomic mass is 9.85. The van der Waals surface area contributed by atoms with Crippen molar-refractivity contribution in [2.75, 3.05) is 10.6 Å². The zero-order valence-corrected chi connectivity index (χ0v) is 19.0. The number of nitrogens with one attached hydrogen (secondary N) is 2. The molecular weight excluding hydrogens is 445 g/mol. The molecule has 0 bridgehead atoms. The second kappa shape index (κ2) is 9.13. The summed E-state index contributed by atoms with van der Waals surface area (Å²) < 4.78 is 16.6. The molecule has 4 N–H and O–H groups in total. The van der Waals surface area contributed by atoms with E-state index in [9.17, 15) is 9.18 Å². The van der Waals surface area contributed by atoms with Crippen LogP contribution in [0.15, 0.2) is 24.4 Å². The molecule has 0 saturated heterocycles. The predicted molar refractivity (Wildman–Crippen MR) is 126 cm³/mol. The number of nitrogens with two attached hydrogens (primary N) is 1. The number of hydrogen-bond donors (Lipinski definition) is 3. The number of carbonyl (C=O) groups excluding carboxylic acids is 1. The molecule has 0 radical (unpaired) electrons. The molecule has 10 heteroatoms. The maximum absolute atomic E-state index is 14.6. The summed E-state index contributed by atoms with van der Waals surface area (Å²) in [6, 6.07) is 5.23. The Balaban J connectivity index is 1.52. The molecule has 0 atom stereocenters. The monoisotopic (exact) mass is 471 g/mol. The Morgan fingerprint density at radius 1 is 1.12 bits per heavy atom. The predicted octanol–water partition coefficient (Wildman–Crippen LogP) is 4.93. The summed E-state index contributed by atoms with van der Waals surface area (Å²) in [6.45, 7) is 0. The number of anilines is 3. The van der Waals surface area contributed by atoms with E-state index < -0.39 is 5.82 Å². The molecule has 174 valence electrons. The number of aromatic nitrogens is 4.